The van der Waals surface area contributed by atoms with Crippen LogP contribution in [0.2, 0.25) is 5.28 Å². The number of hydrogen-bond donors (Lipinski definition) is 0. The van der Waals surface area contributed by atoms with E-state index in [4.69, 9.17) is 16.3 Å². The summed E-state index contributed by atoms with van der Waals surface area (Å²) in [7, 11) is 1.73. The maximum absolute atomic E-state index is 12.3. The molecule has 132 valence electrons. The van der Waals surface area contributed by atoms with E-state index < -0.39 is 5.60 Å². The number of aromatic nitrogens is 2. The molecule has 8 heteroatoms. The summed E-state index contributed by atoms with van der Waals surface area (Å²) in [4.78, 5) is 35.4. The van der Waals surface area contributed by atoms with Crippen LogP contribution in [0, 0.1) is 5.92 Å². The predicted octanol–water partition coefficient (Wildman–Crippen LogP) is 2.46. The molecule has 1 unspecified atom stereocenters. The predicted molar refractivity (Wildman–Crippen MR) is 89.9 cm³/mol. The zero-order valence-electron chi connectivity index (χ0n) is 14.5. The van der Waals surface area contributed by atoms with E-state index in [-0.39, 0.29) is 23.2 Å². The highest BCUT2D eigenvalue weighted by Crippen LogP contribution is 2.20. The van der Waals surface area contributed by atoms with Crippen LogP contribution in [0.5, 0.6) is 0 Å². The SMILES string of the molecule is CN(CC1CCN(C(=O)OC(C)(C)C)C1)C(=O)c1cnc(Cl)nc1. The van der Waals surface area contributed by atoms with Gasteiger partial charge in [-0.05, 0) is 44.7 Å². The van der Waals surface area contributed by atoms with E-state index in [9.17, 15) is 9.59 Å². The van der Waals surface area contributed by atoms with Gasteiger partial charge in [-0.2, -0.15) is 0 Å². The molecular formula is C16H23ClN4O3. The Morgan fingerprint density at radius 3 is 2.58 bits per heavy atom. The van der Waals surface area contributed by atoms with Crippen LogP contribution in [-0.4, -0.2) is 64.1 Å². The van der Waals surface area contributed by atoms with Gasteiger partial charge in [0.2, 0.25) is 5.28 Å². The van der Waals surface area contributed by atoms with Gasteiger partial charge in [0.15, 0.2) is 0 Å². The average molecular weight is 355 g/mol. The fourth-order valence-corrected chi connectivity index (χ4v) is 2.68. The number of amides is 2. The monoisotopic (exact) mass is 354 g/mol. The first-order valence-corrected chi connectivity index (χ1v) is 8.24. The number of carbonyl (C=O) groups is 2. The highest BCUT2D eigenvalue weighted by Gasteiger charge is 2.31. The van der Waals surface area contributed by atoms with E-state index in [0.29, 0.717) is 25.2 Å². The third-order valence-corrected chi connectivity index (χ3v) is 3.88. The second-order valence-electron chi connectivity index (χ2n) is 7.01. The van der Waals surface area contributed by atoms with Gasteiger partial charge in [-0.3, -0.25) is 4.79 Å². The smallest absolute Gasteiger partial charge is 0.410 e. The van der Waals surface area contributed by atoms with E-state index in [1.807, 2.05) is 20.8 Å². The Labute approximate surface area is 147 Å². The lowest BCUT2D eigenvalue weighted by Gasteiger charge is -2.25. The number of nitrogens with zero attached hydrogens (tertiary/aromatic N) is 4. The molecule has 0 N–H and O–H groups in total. The molecule has 1 aliphatic heterocycles. The molecule has 2 heterocycles. The van der Waals surface area contributed by atoms with Crippen molar-refractivity contribution in [1.29, 1.82) is 0 Å². The first kappa shape index (κ1) is 18.4. The molecule has 0 bridgehead atoms. The summed E-state index contributed by atoms with van der Waals surface area (Å²) < 4.78 is 5.38. The van der Waals surface area contributed by atoms with Gasteiger partial charge in [0.05, 0.1) is 5.56 Å². The molecule has 1 saturated heterocycles. The molecule has 1 aliphatic rings. The van der Waals surface area contributed by atoms with Crippen molar-refractivity contribution in [2.24, 2.45) is 5.92 Å². The maximum atomic E-state index is 12.3. The summed E-state index contributed by atoms with van der Waals surface area (Å²) in [6.45, 7) is 7.33. The van der Waals surface area contributed by atoms with E-state index in [1.165, 1.54) is 12.4 Å². The first-order valence-electron chi connectivity index (χ1n) is 7.86. The molecule has 0 aromatic carbocycles. The number of ether oxygens (including phenoxy) is 1. The lowest BCUT2D eigenvalue weighted by Crippen LogP contribution is -2.37. The van der Waals surface area contributed by atoms with Gasteiger partial charge in [0.25, 0.3) is 5.91 Å². The Balaban J connectivity index is 1.87. The highest BCUT2D eigenvalue weighted by molar-refractivity contribution is 6.28. The summed E-state index contributed by atoms with van der Waals surface area (Å²) in [6, 6.07) is 0. The summed E-state index contributed by atoms with van der Waals surface area (Å²) in [5.74, 6) is 0.0575. The molecule has 0 aliphatic carbocycles. The lowest BCUT2D eigenvalue weighted by atomic mass is 10.1. The van der Waals surface area contributed by atoms with Crippen molar-refractivity contribution in [2.75, 3.05) is 26.7 Å². The van der Waals surface area contributed by atoms with Crippen LogP contribution in [0.15, 0.2) is 12.4 Å². The normalized spacial score (nSPS) is 17.7. The minimum atomic E-state index is -0.503. The number of rotatable bonds is 3. The van der Waals surface area contributed by atoms with Gasteiger partial charge >= 0.3 is 6.09 Å². The second kappa shape index (κ2) is 7.34. The molecule has 24 heavy (non-hydrogen) atoms. The zero-order valence-corrected chi connectivity index (χ0v) is 15.2. The average Bonchev–Trinajstić information content (AvgIpc) is 2.94. The summed E-state index contributed by atoms with van der Waals surface area (Å²) in [5.41, 5.74) is -0.111. The van der Waals surface area contributed by atoms with Crippen LogP contribution in [0.4, 0.5) is 4.79 Å². The number of hydrogen-bond acceptors (Lipinski definition) is 5. The van der Waals surface area contributed by atoms with Gasteiger partial charge < -0.3 is 14.5 Å². The van der Waals surface area contributed by atoms with Crippen LogP contribution < -0.4 is 0 Å². The molecule has 1 aromatic heterocycles. The molecule has 0 saturated carbocycles. The minimum absolute atomic E-state index is 0.109. The van der Waals surface area contributed by atoms with Crippen molar-refractivity contribution in [1.82, 2.24) is 19.8 Å². The van der Waals surface area contributed by atoms with Gasteiger partial charge in [0, 0.05) is 39.1 Å². The number of carbonyl (C=O) groups excluding carboxylic acids is 2. The van der Waals surface area contributed by atoms with E-state index in [1.54, 1.807) is 16.8 Å². The molecule has 0 radical (unpaired) electrons. The van der Waals surface area contributed by atoms with Crippen LogP contribution in [0.3, 0.4) is 0 Å². The van der Waals surface area contributed by atoms with Crippen molar-refractivity contribution in [3.05, 3.63) is 23.2 Å². The Morgan fingerprint density at radius 2 is 2.00 bits per heavy atom. The molecule has 2 amide bonds. The number of likely N-dealkylation sites (tertiary alicyclic amines) is 1. The molecule has 0 spiro atoms. The van der Waals surface area contributed by atoms with Gasteiger partial charge in [-0.1, -0.05) is 0 Å². The fraction of sp³-hybridized carbons (Fsp3) is 0.625. The summed E-state index contributed by atoms with van der Waals surface area (Å²) in [6.07, 6.45) is 3.37. The maximum Gasteiger partial charge on any atom is 0.410 e. The van der Waals surface area contributed by atoms with E-state index >= 15 is 0 Å². The van der Waals surface area contributed by atoms with Gasteiger partial charge in [0.1, 0.15) is 5.60 Å². The summed E-state index contributed by atoms with van der Waals surface area (Å²) >= 11 is 5.63. The van der Waals surface area contributed by atoms with Crippen molar-refractivity contribution in [3.8, 4) is 0 Å². The molecular weight excluding hydrogens is 332 g/mol. The largest absolute Gasteiger partial charge is 0.444 e. The van der Waals surface area contributed by atoms with E-state index in [0.717, 1.165) is 6.42 Å². The fourth-order valence-electron chi connectivity index (χ4n) is 2.59. The lowest BCUT2D eigenvalue weighted by molar-refractivity contribution is 0.0286. The zero-order chi connectivity index (χ0) is 17.9. The third kappa shape index (κ3) is 5.06. The number of halogens is 1. The molecule has 1 fully saturated rings. The summed E-state index contributed by atoms with van der Waals surface area (Å²) in [5, 5.41) is 0.109. The van der Waals surface area contributed by atoms with Crippen molar-refractivity contribution in [2.45, 2.75) is 32.8 Å². The first-order chi connectivity index (χ1) is 11.2. The minimum Gasteiger partial charge on any atom is -0.444 e. The van der Waals surface area contributed by atoms with Crippen LogP contribution in [-0.2, 0) is 4.74 Å². The van der Waals surface area contributed by atoms with E-state index in [2.05, 4.69) is 9.97 Å². The van der Waals surface area contributed by atoms with Crippen LogP contribution in [0.1, 0.15) is 37.6 Å². The molecule has 1 atom stereocenters. The van der Waals surface area contributed by atoms with Crippen molar-refractivity contribution >= 4 is 23.6 Å². The van der Waals surface area contributed by atoms with Gasteiger partial charge in [-0.15, -0.1) is 0 Å². The van der Waals surface area contributed by atoms with Crippen LogP contribution in [0.25, 0.3) is 0 Å². The third-order valence-electron chi connectivity index (χ3n) is 3.68. The Kier molecular flexibility index (Phi) is 5.64. The van der Waals surface area contributed by atoms with Crippen molar-refractivity contribution < 1.29 is 14.3 Å². The van der Waals surface area contributed by atoms with Crippen LogP contribution >= 0.6 is 11.6 Å². The quantitative estimate of drug-likeness (QED) is 0.779. The Morgan fingerprint density at radius 1 is 1.38 bits per heavy atom. The topological polar surface area (TPSA) is 75.6 Å². The highest BCUT2D eigenvalue weighted by atomic mass is 35.5. The Bertz CT molecular complexity index is 600. The molecule has 1 aromatic rings. The Hall–Kier alpha value is -1.89. The molecule has 7 nitrogen and oxygen atoms in total. The standard InChI is InChI=1S/C16H23ClN4O3/c1-16(2,3)24-15(23)21-6-5-11(10-21)9-20(4)13(22)12-7-18-14(17)19-8-12/h7-8,11H,5-6,9-10H2,1-4H3. The molecule has 2 rings (SSSR count). The van der Waals surface area contributed by atoms with Gasteiger partial charge in [-0.25, -0.2) is 14.8 Å². The van der Waals surface area contributed by atoms with Crippen molar-refractivity contribution in [3.63, 3.8) is 0 Å². The second-order valence-corrected chi connectivity index (χ2v) is 7.35.